The third-order valence-electron chi connectivity index (χ3n) is 5.81. The number of benzene rings is 3. The van der Waals surface area contributed by atoms with Gasteiger partial charge in [-0.15, -0.1) is 0 Å². The van der Waals surface area contributed by atoms with Gasteiger partial charge in [-0.2, -0.15) is 0 Å². The van der Waals surface area contributed by atoms with E-state index in [2.05, 4.69) is 108 Å². The Morgan fingerprint density at radius 2 is 1.37 bits per heavy atom. The van der Waals surface area contributed by atoms with Gasteiger partial charge in [0.15, 0.2) is 0 Å². The number of nitrogens with zero attached hydrogens (tertiary/aromatic N) is 1. The van der Waals surface area contributed by atoms with Crippen molar-refractivity contribution in [2.45, 2.75) is 31.5 Å². The van der Waals surface area contributed by atoms with E-state index >= 15 is 0 Å². The predicted molar refractivity (Wildman–Crippen MR) is 113 cm³/mol. The number of rotatable bonds is 5. The Balaban J connectivity index is 1.58. The first-order chi connectivity index (χ1) is 13.2. The summed E-state index contributed by atoms with van der Waals surface area (Å²) in [5.74, 6) is 0. The fourth-order valence-electron chi connectivity index (χ4n) is 4.15. The maximum absolute atomic E-state index is 3.83. The Morgan fingerprint density at radius 1 is 0.815 bits per heavy atom. The molecule has 138 valence electrons. The molecule has 1 fully saturated rings. The van der Waals surface area contributed by atoms with Crippen LogP contribution >= 0.6 is 0 Å². The average molecular weight is 357 g/mol. The fourth-order valence-corrected chi connectivity index (χ4v) is 4.15. The van der Waals surface area contributed by atoms with E-state index in [0.717, 1.165) is 26.1 Å². The Hall–Kier alpha value is -2.42. The Labute approximate surface area is 162 Å². The fraction of sp³-hybridized carbons (Fsp3) is 0.280. The van der Waals surface area contributed by atoms with Crippen LogP contribution in [0.2, 0.25) is 0 Å². The van der Waals surface area contributed by atoms with Gasteiger partial charge < -0.3 is 5.32 Å². The molecule has 2 heteroatoms. The molecule has 0 bridgehead atoms. The molecule has 2 nitrogen and oxygen atoms in total. The predicted octanol–water partition coefficient (Wildman–Crippen LogP) is 4.62. The lowest BCUT2D eigenvalue weighted by Gasteiger charge is -2.48. The minimum Gasteiger partial charge on any atom is -0.310 e. The number of hydrogen-bond donors (Lipinski definition) is 1. The highest BCUT2D eigenvalue weighted by Crippen LogP contribution is 2.32. The zero-order valence-electron chi connectivity index (χ0n) is 16.0. The zero-order valence-corrected chi connectivity index (χ0v) is 16.0. The monoisotopic (exact) mass is 356 g/mol. The van der Waals surface area contributed by atoms with Gasteiger partial charge in [-0.25, -0.2) is 0 Å². The first-order valence-corrected chi connectivity index (χ1v) is 9.86. The van der Waals surface area contributed by atoms with E-state index in [9.17, 15) is 0 Å². The van der Waals surface area contributed by atoms with Gasteiger partial charge in [0.05, 0.1) is 5.54 Å². The maximum Gasteiger partial charge on any atom is 0.0561 e. The average Bonchev–Trinajstić information content (AvgIpc) is 2.73. The zero-order chi connectivity index (χ0) is 18.5. The van der Waals surface area contributed by atoms with Crippen molar-refractivity contribution >= 4 is 0 Å². The molecule has 3 aromatic carbocycles. The van der Waals surface area contributed by atoms with E-state index in [0.29, 0.717) is 6.04 Å². The second kappa shape index (κ2) is 8.08. The molecule has 0 saturated carbocycles. The van der Waals surface area contributed by atoms with Crippen molar-refractivity contribution in [3.63, 3.8) is 0 Å². The molecule has 1 aliphatic rings. The van der Waals surface area contributed by atoms with Gasteiger partial charge >= 0.3 is 0 Å². The van der Waals surface area contributed by atoms with Gasteiger partial charge in [0.1, 0.15) is 0 Å². The van der Waals surface area contributed by atoms with Crippen LogP contribution < -0.4 is 5.32 Å². The normalized spacial score (nSPS) is 23.2. The molecule has 1 saturated heterocycles. The molecule has 1 aliphatic heterocycles. The molecule has 4 rings (SSSR count). The summed E-state index contributed by atoms with van der Waals surface area (Å²) in [4.78, 5) is 2.65. The van der Waals surface area contributed by atoms with Gasteiger partial charge in [-0.3, -0.25) is 4.90 Å². The van der Waals surface area contributed by atoms with Gasteiger partial charge in [0, 0.05) is 25.7 Å². The van der Waals surface area contributed by atoms with Crippen LogP contribution in [0.15, 0.2) is 91.0 Å². The summed E-state index contributed by atoms with van der Waals surface area (Å²) >= 11 is 0. The molecule has 1 heterocycles. The van der Waals surface area contributed by atoms with Crippen LogP contribution in [0.5, 0.6) is 0 Å². The van der Waals surface area contributed by atoms with E-state index in [1.807, 2.05) is 0 Å². The molecule has 3 aromatic rings. The van der Waals surface area contributed by atoms with Gasteiger partial charge in [0.2, 0.25) is 0 Å². The lowest BCUT2D eigenvalue weighted by Crippen LogP contribution is -2.61. The molecule has 0 aromatic heterocycles. The second-order valence-electron chi connectivity index (χ2n) is 7.77. The molecule has 2 unspecified atom stereocenters. The maximum atomic E-state index is 3.83. The van der Waals surface area contributed by atoms with E-state index < -0.39 is 0 Å². The summed E-state index contributed by atoms with van der Waals surface area (Å²) in [6.07, 6.45) is 1.07. The molecule has 1 N–H and O–H groups in total. The van der Waals surface area contributed by atoms with Crippen molar-refractivity contribution in [3.05, 3.63) is 108 Å². The van der Waals surface area contributed by atoms with Crippen LogP contribution in [0.1, 0.15) is 23.6 Å². The van der Waals surface area contributed by atoms with E-state index in [-0.39, 0.29) is 5.54 Å². The van der Waals surface area contributed by atoms with Crippen molar-refractivity contribution < 1.29 is 0 Å². The Kier molecular flexibility index (Phi) is 5.38. The number of hydrogen-bond acceptors (Lipinski definition) is 2. The summed E-state index contributed by atoms with van der Waals surface area (Å²) < 4.78 is 0. The largest absolute Gasteiger partial charge is 0.310 e. The highest BCUT2D eigenvalue weighted by molar-refractivity contribution is 5.27. The van der Waals surface area contributed by atoms with Crippen LogP contribution in [0.4, 0.5) is 0 Å². The lowest BCUT2D eigenvalue weighted by atomic mass is 9.85. The highest BCUT2D eigenvalue weighted by Gasteiger charge is 2.38. The topological polar surface area (TPSA) is 15.3 Å². The number of piperazine rings is 1. The van der Waals surface area contributed by atoms with Crippen molar-refractivity contribution in [1.29, 1.82) is 0 Å². The van der Waals surface area contributed by atoms with Gasteiger partial charge in [0.25, 0.3) is 0 Å². The Bertz CT molecular complexity index is 832. The molecule has 0 aliphatic carbocycles. The third-order valence-corrected chi connectivity index (χ3v) is 5.81. The first-order valence-electron chi connectivity index (χ1n) is 9.86. The van der Waals surface area contributed by atoms with Gasteiger partial charge in [-0.05, 0) is 30.0 Å². The summed E-state index contributed by atoms with van der Waals surface area (Å²) in [6, 6.07) is 33.0. The van der Waals surface area contributed by atoms with Crippen molar-refractivity contribution in [2.24, 2.45) is 0 Å². The smallest absolute Gasteiger partial charge is 0.0561 e. The van der Waals surface area contributed by atoms with E-state index in [4.69, 9.17) is 0 Å². The second-order valence-corrected chi connectivity index (χ2v) is 7.77. The molecular weight excluding hydrogens is 328 g/mol. The van der Waals surface area contributed by atoms with Crippen LogP contribution in [0.25, 0.3) is 0 Å². The molecule has 0 spiro atoms. The highest BCUT2D eigenvalue weighted by atomic mass is 15.3. The third kappa shape index (κ3) is 4.13. The summed E-state index contributed by atoms with van der Waals surface area (Å²) in [5.41, 5.74) is 4.15. The van der Waals surface area contributed by atoms with Crippen molar-refractivity contribution in [3.8, 4) is 0 Å². The molecular formula is C25H28N2. The van der Waals surface area contributed by atoms with E-state index in [1.54, 1.807) is 0 Å². The summed E-state index contributed by atoms with van der Waals surface area (Å²) in [6.45, 7) is 5.34. The summed E-state index contributed by atoms with van der Waals surface area (Å²) in [7, 11) is 0. The van der Waals surface area contributed by atoms with Crippen molar-refractivity contribution in [2.75, 3.05) is 13.1 Å². The minimum atomic E-state index is -0.00963. The van der Waals surface area contributed by atoms with E-state index in [1.165, 1.54) is 16.7 Å². The summed E-state index contributed by atoms with van der Waals surface area (Å²) in [5, 5.41) is 3.83. The first kappa shape index (κ1) is 18.0. The standard InChI is InChI=1S/C25H28N2/c1-25(23-15-9-4-10-16-23)20-26-24(17-21-11-5-2-6-12-21)19-27(25)18-22-13-7-3-8-14-22/h2-16,24,26H,17-20H2,1H3. The quantitative estimate of drug-likeness (QED) is 0.718. The van der Waals surface area contributed by atoms with Crippen LogP contribution in [-0.4, -0.2) is 24.0 Å². The minimum absolute atomic E-state index is 0.00963. The SMILES string of the molecule is CC1(c2ccccc2)CNC(Cc2ccccc2)CN1Cc1ccccc1. The molecule has 0 amide bonds. The van der Waals surface area contributed by atoms with Crippen LogP contribution in [0, 0.1) is 0 Å². The molecule has 0 radical (unpaired) electrons. The van der Waals surface area contributed by atoms with Crippen LogP contribution in [-0.2, 0) is 18.5 Å². The van der Waals surface area contributed by atoms with Crippen LogP contribution in [0.3, 0.4) is 0 Å². The van der Waals surface area contributed by atoms with Gasteiger partial charge in [-0.1, -0.05) is 91.0 Å². The molecule has 2 atom stereocenters. The lowest BCUT2D eigenvalue weighted by molar-refractivity contribution is 0.0420. The molecule has 27 heavy (non-hydrogen) atoms. The van der Waals surface area contributed by atoms with Crippen molar-refractivity contribution in [1.82, 2.24) is 10.2 Å². The Morgan fingerprint density at radius 3 is 2.00 bits per heavy atom. The number of nitrogens with one attached hydrogen (secondary N) is 1.